The molecule has 3 aromatic heterocycles. The van der Waals surface area contributed by atoms with E-state index in [1.165, 1.54) is 17.6 Å². The predicted octanol–water partition coefficient (Wildman–Crippen LogP) is 3.22. The maximum atomic E-state index is 13.6. The highest BCUT2D eigenvalue weighted by molar-refractivity contribution is 7.89. The third kappa shape index (κ3) is 3.89. The lowest BCUT2D eigenvalue weighted by Crippen LogP contribution is -2.38. The fourth-order valence-electron chi connectivity index (χ4n) is 3.81. The van der Waals surface area contributed by atoms with Gasteiger partial charge in [0.2, 0.25) is 10.0 Å². The van der Waals surface area contributed by atoms with Crippen molar-refractivity contribution in [3.8, 4) is 0 Å². The summed E-state index contributed by atoms with van der Waals surface area (Å²) in [5.74, 6) is -0.554. The smallest absolute Gasteiger partial charge is 0.221 e. The van der Waals surface area contributed by atoms with Crippen LogP contribution in [0.3, 0.4) is 0 Å². The number of hydrogen-bond acceptors (Lipinski definition) is 5. The Kier molecular flexibility index (Phi) is 5.24. The van der Waals surface area contributed by atoms with Crippen LogP contribution in [0.15, 0.2) is 29.7 Å². The van der Waals surface area contributed by atoms with Crippen LogP contribution in [-0.2, 0) is 16.2 Å². The lowest BCUT2D eigenvalue weighted by atomic mass is 9.88. The fourth-order valence-corrected chi connectivity index (χ4v) is 5.44. The topological polar surface area (TPSA) is 85.4 Å². The molecule has 0 aliphatic carbocycles. The van der Waals surface area contributed by atoms with Crippen LogP contribution in [0.5, 0.6) is 0 Å². The molecule has 0 unspecified atom stereocenters. The molecule has 4 rings (SSSR count). The molecule has 1 saturated heterocycles. The number of pyridine rings is 1. The van der Waals surface area contributed by atoms with Gasteiger partial charge in [0.15, 0.2) is 5.65 Å². The molecule has 0 amide bonds. The lowest BCUT2D eigenvalue weighted by molar-refractivity contribution is -0.138. The molecule has 3 aromatic rings. The summed E-state index contributed by atoms with van der Waals surface area (Å²) >= 11 is 0. The maximum absolute atomic E-state index is 13.6. The second-order valence-corrected chi connectivity index (χ2v) is 9.12. The normalized spacial score (nSPS) is 17.1. The van der Waals surface area contributed by atoms with Gasteiger partial charge in [0.1, 0.15) is 11.2 Å². The SMILES string of the molecule is Cc1nn(C(F)F)cc1S(=O)(=O)N1CCC(c2cn3ncnc3cc2C(F)(F)F)CC1. The Morgan fingerprint density at radius 1 is 1.16 bits per heavy atom. The van der Waals surface area contributed by atoms with Crippen molar-refractivity contribution in [2.75, 3.05) is 13.1 Å². The Labute approximate surface area is 173 Å². The number of hydrogen-bond donors (Lipinski definition) is 0. The first-order chi connectivity index (χ1) is 14.5. The Hall–Kier alpha value is -2.61. The van der Waals surface area contributed by atoms with Crippen molar-refractivity contribution in [2.45, 2.75) is 43.3 Å². The molecule has 0 N–H and O–H groups in total. The number of alkyl halides is 5. The molecule has 31 heavy (non-hydrogen) atoms. The van der Waals surface area contributed by atoms with Crippen LogP contribution >= 0.6 is 0 Å². The van der Waals surface area contributed by atoms with Crippen LogP contribution in [0.2, 0.25) is 0 Å². The first-order valence-electron chi connectivity index (χ1n) is 9.23. The number of nitrogens with zero attached hydrogens (tertiary/aromatic N) is 6. The van der Waals surface area contributed by atoms with Crippen molar-refractivity contribution >= 4 is 15.7 Å². The van der Waals surface area contributed by atoms with Gasteiger partial charge >= 0.3 is 12.7 Å². The molecular weight excluding hydrogens is 447 g/mol. The van der Waals surface area contributed by atoms with E-state index in [9.17, 15) is 30.4 Å². The van der Waals surface area contributed by atoms with E-state index in [2.05, 4.69) is 15.2 Å². The summed E-state index contributed by atoms with van der Waals surface area (Å²) in [5, 5.41) is 7.40. The number of piperidine rings is 1. The summed E-state index contributed by atoms with van der Waals surface area (Å²) in [6, 6.07) is 0.924. The van der Waals surface area contributed by atoms with Gasteiger partial charge in [-0.15, -0.1) is 0 Å². The molecule has 168 valence electrons. The minimum atomic E-state index is -4.60. The van der Waals surface area contributed by atoms with E-state index in [1.807, 2.05) is 0 Å². The van der Waals surface area contributed by atoms with Gasteiger partial charge in [-0.25, -0.2) is 22.6 Å². The van der Waals surface area contributed by atoms with Crippen molar-refractivity contribution in [1.82, 2.24) is 28.7 Å². The summed E-state index contributed by atoms with van der Waals surface area (Å²) in [5.41, 5.74) is -0.825. The molecule has 14 heteroatoms. The largest absolute Gasteiger partial charge is 0.416 e. The number of halogens is 5. The highest BCUT2D eigenvalue weighted by Crippen LogP contribution is 2.40. The van der Waals surface area contributed by atoms with Crippen LogP contribution < -0.4 is 0 Å². The Bertz CT molecular complexity index is 1210. The number of aromatic nitrogens is 5. The van der Waals surface area contributed by atoms with E-state index >= 15 is 0 Å². The summed E-state index contributed by atoms with van der Waals surface area (Å²) in [7, 11) is -4.11. The van der Waals surface area contributed by atoms with E-state index in [-0.39, 0.29) is 52.4 Å². The molecule has 8 nitrogen and oxygen atoms in total. The van der Waals surface area contributed by atoms with Crippen molar-refractivity contribution in [3.63, 3.8) is 0 Å². The quantitative estimate of drug-likeness (QED) is 0.554. The molecule has 0 radical (unpaired) electrons. The summed E-state index contributed by atoms with van der Waals surface area (Å²) in [4.78, 5) is 3.44. The van der Waals surface area contributed by atoms with Gasteiger partial charge in [-0.2, -0.15) is 36.5 Å². The third-order valence-electron chi connectivity index (χ3n) is 5.34. The van der Waals surface area contributed by atoms with Gasteiger partial charge in [0, 0.05) is 19.3 Å². The van der Waals surface area contributed by atoms with E-state index < -0.39 is 34.2 Å². The monoisotopic (exact) mass is 464 g/mol. The van der Waals surface area contributed by atoms with Gasteiger partial charge in [-0.1, -0.05) is 0 Å². The molecule has 1 fully saturated rings. The number of aryl methyl sites for hydroxylation is 1. The maximum Gasteiger partial charge on any atom is 0.416 e. The Balaban J connectivity index is 1.59. The average Bonchev–Trinajstić information content (AvgIpc) is 3.32. The summed E-state index contributed by atoms with van der Waals surface area (Å²) in [6.45, 7) is -1.79. The van der Waals surface area contributed by atoms with Crippen LogP contribution in [0.25, 0.3) is 5.65 Å². The van der Waals surface area contributed by atoms with Crippen LogP contribution in [0.1, 0.15) is 42.1 Å². The van der Waals surface area contributed by atoms with Crippen LogP contribution in [0, 0.1) is 6.92 Å². The minimum Gasteiger partial charge on any atom is -0.221 e. The molecular formula is C17H17F5N6O2S. The number of rotatable bonds is 4. The van der Waals surface area contributed by atoms with E-state index in [0.717, 1.165) is 22.9 Å². The van der Waals surface area contributed by atoms with Crippen molar-refractivity contribution in [2.24, 2.45) is 0 Å². The summed E-state index contributed by atoms with van der Waals surface area (Å²) in [6.07, 6.45) is -1.16. The predicted molar refractivity (Wildman–Crippen MR) is 96.9 cm³/mol. The average molecular weight is 464 g/mol. The molecule has 0 atom stereocenters. The zero-order chi connectivity index (χ0) is 22.6. The van der Waals surface area contributed by atoms with Crippen LogP contribution in [0.4, 0.5) is 22.0 Å². The summed E-state index contributed by atoms with van der Waals surface area (Å²) < 4.78 is 94.8. The zero-order valence-corrected chi connectivity index (χ0v) is 16.9. The van der Waals surface area contributed by atoms with Gasteiger partial charge in [0.25, 0.3) is 0 Å². The standard InChI is InChI=1S/C17H17F5N6O2S/c1-10-14(8-28(25-10)16(18)19)31(29,30)26-4-2-11(3-5-26)12-7-27-15(23-9-24-27)6-13(12)17(20,21)22/h6-9,11,16H,2-5H2,1H3. The number of sulfonamides is 1. The minimum absolute atomic E-state index is 0.0178. The first-order valence-corrected chi connectivity index (χ1v) is 10.7. The highest BCUT2D eigenvalue weighted by Gasteiger charge is 2.39. The molecule has 4 heterocycles. The van der Waals surface area contributed by atoms with Gasteiger partial charge in [0.05, 0.1) is 17.5 Å². The van der Waals surface area contributed by atoms with E-state index in [0.29, 0.717) is 0 Å². The van der Waals surface area contributed by atoms with E-state index in [1.54, 1.807) is 0 Å². The van der Waals surface area contributed by atoms with E-state index in [4.69, 9.17) is 0 Å². The van der Waals surface area contributed by atoms with Crippen LogP contribution in [-0.4, -0.2) is 50.2 Å². The van der Waals surface area contributed by atoms with Crippen molar-refractivity contribution < 1.29 is 30.4 Å². The fraction of sp³-hybridized carbons (Fsp3) is 0.471. The van der Waals surface area contributed by atoms with Crippen molar-refractivity contribution in [3.05, 3.63) is 41.6 Å². The van der Waals surface area contributed by atoms with Crippen molar-refractivity contribution in [1.29, 1.82) is 0 Å². The number of fused-ring (bicyclic) bond motifs is 1. The van der Waals surface area contributed by atoms with Gasteiger partial charge in [-0.3, -0.25) is 0 Å². The molecule has 1 aliphatic heterocycles. The molecule has 0 saturated carbocycles. The Morgan fingerprint density at radius 3 is 2.42 bits per heavy atom. The van der Waals surface area contributed by atoms with Gasteiger partial charge < -0.3 is 0 Å². The first kappa shape index (κ1) is 21.6. The zero-order valence-electron chi connectivity index (χ0n) is 16.1. The highest BCUT2D eigenvalue weighted by atomic mass is 32.2. The molecule has 0 bridgehead atoms. The second-order valence-electron chi connectivity index (χ2n) is 7.22. The Morgan fingerprint density at radius 2 is 1.84 bits per heavy atom. The molecule has 1 aliphatic rings. The molecule has 0 spiro atoms. The molecule has 0 aromatic carbocycles. The third-order valence-corrected chi connectivity index (χ3v) is 7.34. The van der Waals surface area contributed by atoms with Gasteiger partial charge in [-0.05, 0) is 37.3 Å². The second kappa shape index (κ2) is 7.51. The lowest BCUT2D eigenvalue weighted by Gasteiger charge is -2.32.